The maximum absolute atomic E-state index is 14.1. The number of hydrogen-bond donors (Lipinski definition) is 4. The second kappa shape index (κ2) is 12.2. The Kier molecular flexibility index (Phi) is 9.70. The van der Waals surface area contributed by atoms with Crippen LogP contribution in [0.3, 0.4) is 0 Å². The summed E-state index contributed by atoms with van der Waals surface area (Å²) in [5, 5.41) is 19.3. The lowest BCUT2D eigenvalue weighted by Crippen LogP contribution is -2.36. The van der Waals surface area contributed by atoms with Gasteiger partial charge in [-0.25, -0.2) is 4.39 Å². The van der Waals surface area contributed by atoms with Crippen LogP contribution >= 0.6 is 11.6 Å². The Balaban J connectivity index is 0.000000785. The number of carbonyl (C=O) groups is 2. The molecule has 0 radical (unpaired) electrons. The number of ether oxygens (including phenoxy) is 2. The number of methoxy groups -OCH3 is 2. The maximum Gasteiger partial charge on any atom is 0.271 e. The van der Waals surface area contributed by atoms with Gasteiger partial charge in [0, 0.05) is 13.2 Å². The summed E-state index contributed by atoms with van der Waals surface area (Å²) < 4.78 is 23.2. The molecule has 0 spiro atoms. The predicted octanol–water partition coefficient (Wildman–Crippen LogP) is 3.11. The second-order valence-corrected chi connectivity index (χ2v) is 7.16. The molecular weight excluding hydrogens is 431 g/mol. The molecule has 1 aliphatic rings. The molecule has 31 heavy (non-hydrogen) atoms. The molecular formula is C20H26ClFN4O5. The summed E-state index contributed by atoms with van der Waals surface area (Å²) in [6, 6.07) is 2.52. The number of nitrogens with zero attached hydrogens (tertiary/aromatic N) is 1. The first-order valence-corrected chi connectivity index (χ1v) is 10.1. The first-order chi connectivity index (χ1) is 14.9. The molecule has 0 bridgehead atoms. The molecule has 0 saturated heterocycles. The Morgan fingerprint density at radius 3 is 2.55 bits per heavy atom. The lowest BCUT2D eigenvalue weighted by molar-refractivity contribution is 0.0325. The molecule has 1 fully saturated rings. The second-order valence-electron chi connectivity index (χ2n) is 6.78. The number of benzene rings is 1. The lowest BCUT2D eigenvalue weighted by Gasteiger charge is -2.22. The van der Waals surface area contributed by atoms with Gasteiger partial charge in [-0.05, 0) is 25.0 Å². The lowest BCUT2D eigenvalue weighted by atomic mass is 9.95. The highest BCUT2D eigenvalue weighted by Crippen LogP contribution is 2.30. The minimum atomic E-state index is -0.801. The van der Waals surface area contributed by atoms with E-state index in [4.69, 9.17) is 21.4 Å². The van der Waals surface area contributed by atoms with E-state index in [2.05, 4.69) is 25.6 Å². The van der Waals surface area contributed by atoms with Gasteiger partial charge < -0.3 is 25.2 Å². The number of anilines is 1. The maximum atomic E-state index is 14.1. The number of hydrogen-bond acceptors (Lipinski definition) is 6. The van der Waals surface area contributed by atoms with Crippen LogP contribution in [-0.4, -0.2) is 54.2 Å². The molecule has 170 valence electrons. The van der Waals surface area contributed by atoms with Gasteiger partial charge in [0.2, 0.25) is 0 Å². The van der Waals surface area contributed by atoms with Crippen molar-refractivity contribution in [3.63, 3.8) is 0 Å². The van der Waals surface area contributed by atoms with Crippen LogP contribution in [0, 0.1) is 5.82 Å². The zero-order chi connectivity index (χ0) is 22.8. The van der Waals surface area contributed by atoms with Gasteiger partial charge >= 0.3 is 0 Å². The molecule has 9 nitrogen and oxygen atoms in total. The zero-order valence-electron chi connectivity index (χ0n) is 17.3. The fourth-order valence-corrected chi connectivity index (χ4v) is 3.46. The van der Waals surface area contributed by atoms with Gasteiger partial charge in [-0.2, -0.15) is 5.10 Å². The van der Waals surface area contributed by atoms with Crippen LogP contribution < -0.4 is 15.4 Å². The van der Waals surface area contributed by atoms with Crippen molar-refractivity contribution in [2.24, 2.45) is 0 Å². The van der Waals surface area contributed by atoms with Gasteiger partial charge in [0.15, 0.2) is 0 Å². The molecule has 0 unspecified atom stereocenters. The van der Waals surface area contributed by atoms with Crippen molar-refractivity contribution >= 4 is 29.1 Å². The van der Waals surface area contributed by atoms with E-state index >= 15 is 0 Å². The average molecular weight is 457 g/mol. The molecule has 1 aromatic heterocycles. The summed E-state index contributed by atoms with van der Waals surface area (Å²) in [5.41, 5.74) is -0.115. The van der Waals surface area contributed by atoms with Crippen molar-refractivity contribution in [2.45, 2.75) is 38.1 Å². The van der Waals surface area contributed by atoms with Crippen molar-refractivity contribution in [3.8, 4) is 5.75 Å². The van der Waals surface area contributed by atoms with E-state index in [9.17, 15) is 14.0 Å². The summed E-state index contributed by atoms with van der Waals surface area (Å²) in [4.78, 5) is 25.0. The van der Waals surface area contributed by atoms with E-state index in [1.165, 1.54) is 32.9 Å². The van der Waals surface area contributed by atoms with Gasteiger partial charge in [-0.1, -0.05) is 30.9 Å². The summed E-state index contributed by atoms with van der Waals surface area (Å²) >= 11 is 6.05. The highest BCUT2D eigenvalue weighted by Gasteiger charge is 2.24. The minimum absolute atomic E-state index is 0.100. The standard InChI is InChI=1S/C18H20ClFN4O3.C2H6O2/c1-27-13-8-7-11(20)14(15(13)19)17(25)23-12-9-21-24-16(12)18(26)22-10-5-3-2-4-6-10;1-4-2-3/h7-10H,2-6H2,1H3,(H,21,24)(H,22,26)(H,23,25);3H,2H2,1H3. The Labute approximate surface area is 184 Å². The summed E-state index contributed by atoms with van der Waals surface area (Å²) in [5.74, 6) is -1.79. The van der Waals surface area contributed by atoms with Crippen molar-refractivity contribution in [3.05, 3.63) is 40.4 Å². The number of H-pyrrole nitrogens is 1. The highest BCUT2D eigenvalue weighted by molar-refractivity contribution is 6.36. The van der Waals surface area contributed by atoms with E-state index in [1.807, 2.05) is 0 Å². The van der Waals surface area contributed by atoms with E-state index in [0.29, 0.717) is 0 Å². The average Bonchev–Trinajstić information content (AvgIpc) is 3.23. The largest absolute Gasteiger partial charge is 0.495 e. The predicted molar refractivity (Wildman–Crippen MR) is 113 cm³/mol. The van der Waals surface area contributed by atoms with E-state index in [0.717, 1.165) is 31.7 Å². The van der Waals surface area contributed by atoms with Crippen molar-refractivity contribution in [1.82, 2.24) is 15.5 Å². The van der Waals surface area contributed by atoms with Crippen LogP contribution in [0.2, 0.25) is 5.02 Å². The third-order valence-electron chi connectivity index (χ3n) is 4.69. The Bertz CT molecular complexity index is 884. The van der Waals surface area contributed by atoms with Crippen LogP contribution in [0.5, 0.6) is 5.75 Å². The van der Waals surface area contributed by atoms with Crippen molar-refractivity contribution in [1.29, 1.82) is 0 Å². The SMILES string of the molecule is COCO.COc1ccc(F)c(C(=O)Nc2cn[nH]c2C(=O)NC2CCCCC2)c1Cl. The topological polar surface area (TPSA) is 126 Å². The molecule has 1 aliphatic carbocycles. The van der Waals surface area contributed by atoms with Crippen LogP contribution in [0.4, 0.5) is 10.1 Å². The van der Waals surface area contributed by atoms with Gasteiger partial charge in [0.05, 0.1) is 29.6 Å². The number of nitrogens with one attached hydrogen (secondary N) is 3. The number of aromatic nitrogens is 2. The normalized spacial score (nSPS) is 13.7. The Morgan fingerprint density at radius 2 is 1.94 bits per heavy atom. The number of amides is 2. The number of aromatic amines is 1. The van der Waals surface area contributed by atoms with E-state index in [-0.39, 0.29) is 46.5 Å². The molecule has 1 saturated carbocycles. The fraction of sp³-hybridized carbons (Fsp3) is 0.450. The molecule has 1 aromatic carbocycles. The molecule has 2 aromatic rings. The molecule has 2 amide bonds. The van der Waals surface area contributed by atoms with E-state index in [1.54, 1.807) is 0 Å². The Morgan fingerprint density at radius 1 is 1.26 bits per heavy atom. The fourth-order valence-electron chi connectivity index (χ4n) is 3.14. The molecule has 4 N–H and O–H groups in total. The first kappa shape index (κ1) is 24.6. The number of rotatable bonds is 6. The van der Waals surface area contributed by atoms with Gasteiger partial charge in [-0.3, -0.25) is 14.7 Å². The van der Waals surface area contributed by atoms with Crippen LogP contribution in [0.1, 0.15) is 53.0 Å². The van der Waals surface area contributed by atoms with Gasteiger partial charge in [0.25, 0.3) is 11.8 Å². The number of carbonyl (C=O) groups excluding carboxylic acids is 2. The smallest absolute Gasteiger partial charge is 0.271 e. The van der Waals surface area contributed by atoms with Crippen LogP contribution in [0.15, 0.2) is 18.3 Å². The molecule has 0 aliphatic heterocycles. The summed E-state index contributed by atoms with van der Waals surface area (Å²) in [6.45, 7) is -0.181. The summed E-state index contributed by atoms with van der Waals surface area (Å²) in [6.07, 6.45) is 6.46. The molecule has 11 heteroatoms. The number of halogens is 2. The third kappa shape index (κ3) is 6.65. The summed E-state index contributed by atoms with van der Waals surface area (Å²) in [7, 11) is 2.80. The third-order valence-corrected chi connectivity index (χ3v) is 5.06. The van der Waals surface area contributed by atoms with Gasteiger partial charge in [-0.15, -0.1) is 0 Å². The van der Waals surface area contributed by atoms with E-state index < -0.39 is 11.7 Å². The molecule has 1 heterocycles. The number of aliphatic hydroxyl groups is 1. The minimum Gasteiger partial charge on any atom is -0.495 e. The van der Waals surface area contributed by atoms with Crippen LogP contribution in [0.25, 0.3) is 0 Å². The van der Waals surface area contributed by atoms with Crippen molar-refractivity contribution < 1.29 is 28.6 Å². The number of aliphatic hydroxyl groups excluding tert-OH is 1. The Hall–Kier alpha value is -2.69. The molecule has 0 atom stereocenters. The van der Waals surface area contributed by atoms with Gasteiger partial charge in [0.1, 0.15) is 24.1 Å². The monoisotopic (exact) mass is 456 g/mol. The molecule has 3 rings (SSSR count). The quantitative estimate of drug-likeness (QED) is 0.495. The van der Waals surface area contributed by atoms with Crippen molar-refractivity contribution in [2.75, 3.05) is 26.3 Å². The first-order valence-electron chi connectivity index (χ1n) is 9.70. The zero-order valence-corrected chi connectivity index (χ0v) is 18.1. The van der Waals surface area contributed by atoms with Crippen LogP contribution in [-0.2, 0) is 4.74 Å². The highest BCUT2D eigenvalue weighted by atomic mass is 35.5.